The van der Waals surface area contributed by atoms with Crippen LogP contribution < -0.4 is 5.73 Å². The minimum Gasteiger partial charge on any atom is -0.330 e. The van der Waals surface area contributed by atoms with E-state index in [9.17, 15) is 0 Å². The highest BCUT2D eigenvalue weighted by atomic mass is 15.2. The summed E-state index contributed by atoms with van der Waals surface area (Å²) in [5, 5.41) is 0. The van der Waals surface area contributed by atoms with Crippen LogP contribution in [0.4, 0.5) is 0 Å². The largest absolute Gasteiger partial charge is 0.330 e. The first-order valence-corrected chi connectivity index (χ1v) is 8.37. The molecule has 3 unspecified atom stereocenters. The summed E-state index contributed by atoms with van der Waals surface area (Å²) in [6, 6.07) is 0.862. The molecule has 1 aliphatic carbocycles. The van der Waals surface area contributed by atoms with Crippen LogP contribution in [0.15, 0.2) is 0 Å². The van der Waals surface area contributed by atoms with E-state index >= 15 is 0 Å². The summed E-state index contributed by atoms with van der Waals surface area (Å²) >= 11 is 0. The topological polar surface area (TPSA) is 32.5 Å². The predicted molar refractivity (Wildman–Crippen MR) is 82.3 cm³/mol. The van der Waals surface area contributed by atoms with Gasteiger partial charge in [-0.2, -0.15) is 0 Å². The molecule has 1 saturated heterocycles. The van der Waals surface area contributed by atoms with E-state index in [4.69, 9.17) is 5.73 Å². The van der Waals surface area contributed by atoms with Gasteiger partial charge >= 0.3 is 0 Å². The molecule has 1 heterocycles. The van der Waals surface area contributed by atoms with Crippen molar-refractivity contribution in [2.45, 2.75) is 52.0 Å². The maximum atomic E-state index is 5.62. The molecule has 0 amide bonds. The molecule has 1 aliphatic heterocycles. The number of hydrogen-bond acceptors (Lipinski definition) is 3. The Bertz CT molecular complexity index is 256. The Morgan fingerprint density at radius 2 is 1.84 bits per heavy atom. The van der Waals surface area contributed by atoms with Gasteiger partial charge in [0.05, 0.1) is 0 Å². The molecular weight excluding hydrogens is 234 g/mol. The lowest BCUT2D eigenvalue weighted by molar-refractivity contribution is 0.111. The van der Waals surface area contributed by atoms with Crippen molar-refractivity contribution in [1.29, 1.82) is 0 Å². The van der Waals surface area contributed by atoms with Gasteiger partial charge in [-0.3, -0.25) is 4.90 Å². The molecule has 3 nitrogen and oxygen atoms in total. The van der Waals surface area contributed by atoms with Crippen molar-refractivity contribution in [1.82, 2.24) is 9.80 Å². The average molecular weight is 267 g/mol. The first-order chi connectivity index (χ1) is 9.20. The molecule has 0 radical (unpaired) electrons. The lowest BCUT2D eigenvalue weighted by atomic mass is 9.78. The number of hydrogen-bond donors (Lipinski definition) is 1. The second kappa shape index (κ2) is 7.61. The third-order valence-corrected chi connectivity index (χ3v) is 5.39. The Kier molecular flexibility index (Phi) is 6.11. The fraction of sp³-hybridized carbons (Fsp3) is 1.00. The molecule has 3 heteroatoms. The van der Waals surface area contributed by atoms with Gasteiger partial charge in [0.15, 0.2) is 0 Å². The Labute approximate surface area is 119 Å². The lowest BCUT2D eigenvalue weighted by Crippen LogP contribution is -2.42. The molecule has 2 rings (SSSR count). The molecule has 0 spiro atoms. The summed E-state index contributed by atoms with van der Waals surface area (Å²) in [5.41, 5.74) is 5.62. The first-order valence-electron chi connectivity index (χ1n) is 8.37. The van der Waals surface area contributed by atoms with Crippen molar-refractivity contribution < 1.29 is 0 Å². The van der Waals surface area contributed by atoms with Crippen LogP contribution >= 0.6 is 0 Å². The number of nitrogens with two attached hydrogens (primary N) is 1. The molecule has 0 aromatic rings. The summed E-state index contributed by atoms with van der Waals surface area (Å²) in [7, 11) is 0. The zero-order valence-electron chi connectivity index (χ0n) is 13.0. The molecule has 2 fully saturated rings. The van der Waals surface area contributed by atoms with Crippen LogP contribution in [0.2, 0.25) is 0 Å². The van der Waals surface area contributed by atoms with E-state index in [1.807, 2.05) is 0 Å². The molecule has 3 atom stereocenters. The maximum absolute atomic E-state index is 5.62. The molecule has 112 valence electrons. The third kappa shape index (κ3) is 4.44. The smallest absolute Gasteiger partial charge is 0.0112 e. The molecule has 0 bridgehead atoms. The Morgan fingerprint density at radius 1 is 1.00 bits per heavy atom. The van der Waals surface area contributed by atoms with Gasteiger partial charge in [0.25, 0.3) is 0 Å². The second-order valence-electron chi connectivity index (χ2n) is 6.79. The van der Waals surface area contributed by atoms with Crippen molar-refractivity contribution >= 4 is 0 Å². The van der Waals surface area contributed by atoms with E-state index in [0.29, 0.717) is 0 Å². The van der Waals surface area contributed by atoms with Crippen molar-refractivity contribution in [3.63, 3.8) is 0 Å². The summed E-state index contributed by atoms with van der Waals surface area (Å²) in [5.74, 6) is 1.85. The van der Waals surface area contributed by atoms with Crippen LogP contribution in [0.1, 0.15) is 46.0 Å². The molecule has 0 aromatic carbocycles. The average Bonchev–Trinajstić information content (AvgIpc) is 2.65. The van der Waals surface area contributed by atoms with E-state index in [1.54, 1.807) is 0 Å². The molecule has 1 saturated carbocycles. The third-order valence-electron chi connectivity index (χ3n) is 5.39. The highest BCUT2D eigenvalue weighted by Crippen LogP contribution is 2.32. The van der Waals surface area contributed by atoms with E-state index in [0.717, 1.165) is 30.8 Å². The number of nitrogens with zero attached hydrogens (tertiary/aromatic N) is 2. The number of rotatable bonds is 4. The molecule has 2 aliphatic rings. The lowest BCUT2D eigenvalue weighted by Gasteiger charge is -2.39. The molecule has 0 aromatic heterocycles. The van der Waals surface area contributed by atoms with Crippen LogP contribution in [-0.4, -0.2) is 55.1 Å². The van der Waals surface area contributed by atoms with Crippen molar-refractivity contribution in [3.8, 4) is 0 Å². The zero-order valence-corrected chi connectivity index (χ0v) is 13.0. The van der Waals surface area contributed by atoms with Crippen molar-refractivity contribution in [2.24, 2.45) is 17.6 Å². The van der Waals surface area contributed by atoms with Crippen LogP contribution in [0.5, 0.6) is 0 Å². The highest BCUT2D eigenvalue weighted by molar-refractivity contribution is 4.83. The fourth-order valence-electron chi connectivity index (χ4n) is 3.75. The van der Waals surface area contributed by atoms with E-state index in [-0.39, 0.29) is 0 Å². The molecular formula is C16H33N3. The second-order valence-corrected chi connectivity index (χ2v) is 6.79. The first kappa shape index (κ1) is 15.3. The van der Waals surface area contributed by atoms with Crippen LogP contribution in [0.3, 0.4) is 0 Å². The van der Waals surface area contributed by atoms with Gasteiger partial charge in [0.1, 0.15) is 0 Å². The minimum atomic E-state index is 0.832. The van der Waals surface area contributed by atoms with Gasteiger partial charge in [-0.1, -0.05) is 13.8 Å². The van der Waals surface area contributed by atoms with Gasteiger partial charge in [-0.15, -0.1) is 0 Å². The SMILES string of the molecule is CC1CCC(N2CCCN(CCCN)CC2)CC1C. The van der Waals surface area contributed by atoms with Crippen LogP contribution in [-0.2, 0) is 0 Å². The fourth-order valence-corrected chi connectivity index (χ4v) is 3.75. The van der Waals surface area contributed by atoms with E-state index < -0.39 is 0 Å². The summed E-state index contributed by atoms with van der Waals surface area (Å²) in [4.78, 5) is 5.40. The van der Waals surface area contributed by atoms with E-state index in [1.165, 1.54) is 58.4 Å². The Morgan fingerprint density at radius 3 is 2.58 bits per heavy atom. The minimum absolute atomic E-state index is 0.832. The van der Waals surface area contributed by atoms with Gasteiger partial charge in [0, 0.05) is 19.1 Å². The highest BCUT2D eigenvalue weighted by Gasteiger charge is 2.29. The van der Waals surface area contributed by atoms with Crippen molar-refractivity contribution in [2.75, 3.05) is 39.3 Å². The quantitative estimate of drug-likeness (QED) is 0.847. The maximum Gasteiger partial charge on any atom is 0.0112 e. The standard InChI is InChI=1S/C16H33N3/c1-14-5-6-16(13-15(14)2)19-10-4-9-18(11-12-19)8-3-7-17/h14-16H,3-13,17H2,1-2H3. The Balaban J connectivity index is 1.79. The van der Waals surface area contributed by atoms with Gasteiger partial charge in [-0.05, 0) is 70.1 Å². The molecule has 19 heavy (non-hydrogen) atoms. The van der Waals surface area contributed by atoms with E-state index in [2.05, 4.69) is 23.6 Å². The van der Waals surface area contributed by atoms with Crippen LogP contribution in [0.25, 0.3) is 0 Å². The summed E-state index contributed by atoms with van der Waals surface area (Å²) in [6.07, 6.45) is 6.76. The molecule has 2 N–H and O–H groups in total. The monoisotopic (exact) mass is 267 g/mol. The summed E-state index contributed by atoms with van der Waals surface area (Å²) in [6.45, 7) is 12.0. The zero-order chi connectivity index (χ0) is 13.7. The Hall–Kier alpha value is -0.120. The summed E-state index contributed by atoms with van der Waals surface area (Å²) < 4.78 is 0. The van der Waals surface area contributed by atoms with Crippen molar-refractivity contribution in [3.05, 3.63) is 0 Å². The normalized spacial score (nSPS) is 35.2. The van der Waals surface area contributed by atoms with Crippen LogP contribution in [0, 0.1) is 11.8 Å². The predicted octanol–water partition coefficient (Wildman–Crippen LogP) is 2.17. The van der Waals surface area contributed by atoms with Gasteiger partial charge in [0.2, 0.25) is 0 Å². The van der Waals surface area contributed by atoms with Gasteiger partial charge in [-0.25, -0.2) is 0 Å². The van der Waals surface area contributed by atoms with Gasteiger partial charge < -0.3 is 10.6 Å².